The van der Waals surface area contributed by atoms with Crippen LogP contribution in [0.1, 0.15) is 72.1 Å². The lowest BCUT2D eigenvalue weighted by molar-refractivity contribution is -0.203. The number of carbonyl (C=O) groups is 1. The summed E-state index contributed by atoms with van der Waals surface area (Å²) in [5, 5.41) is 0. The smallest absolute Gasteiger partial charge is 0.311 e. The van der Waals surface area contributed by atoms with Gasteiger partial charge in [-0.3, -0.25) is 4.79 Å². The molecule has 3 saturated carbocycles. The fourth-order valence-electron chi connectivity index (χ4n) is 5.27. The molecule has 2 bridgehead atoms. The lowest BCUT2D eigenvalue weighted by Crippen LogP contribution is -2.37. The van der Waals surface area contributed by atoms with Crippen LogP contribution in [0.3, 0.4) is 0 Å². The molecule has 0 radical (unpaired) electrons. The van der Waals surface area contributed by atoms with Crippen molar-refractivity contribution in [3.05, 3.63) is 0 Å². The first kappa shape index (κ1) is 16.8. The van der Waals surface area contributed by atoms with Gasteiger partial charge in [-0.2, -0.15) is 0 Å². The van der Waals surface area contributed by atoms with Gasteiger partial charge in [0.2, 0.25) is 0 Å². The summed E-state index contributed by atoms with van der Waals surface area (Å²) in [7, 11) is 0. The molecule has 0 aromatic heterocycles. The third-order valence-corrected chi connectivity index (χ3v) is 7.18. The number of esters is 1. The topological polar surface area (TPSA) is 44.8 Å². The van der Waals surface area contributed by atoms with Crippen LogP contribution in [-0.2, 0) is 19.0 Å². The number of hydrogen-bond donors (Lipinski definition) is 0. The first-order valence-corrected chi connectivity index (χ1v) is 9.97. The summed E-state index contributed by atoms with van der Waals surface area (Å²) < 4.78 is 18.7. The Morgan fingerprint density at radius 2 is 1.83 bits per heavy atom. The van der Waals surface area contributed by atoms with Gasteiger partial charge in [0.05, 0.1) is 24.2 Å². The van der Waals surface area contributed by atoms with Crippen LogP contribution in [0.4, 0.5) is 0 Å². The second kappa shape index (κ2) is 5.98. The zero-order chi connectivity index (χ0) is 16.9. The van der Waals surface area contributed by atoms with Crippen molar-refractivity contribution in [3.8, 4) is 0 Å². The summed E-state index contributed by atoms with van der Waals surface area (Å²) in [5.41, 5.74) is -0.376. The predicted molar refractivity (Wildman–Crippen MR) is 90.3 cm³/mol. The molecule has 4 fully saturated rings. The predicted octanol–water partition coefficient (Wildman–Crippen LogP) is 4.07. The van der Waals surface area contributed by atoms with E-state index in [0.29, 0.717) is 30.5 Å². The number of fused-ring (bicyclic) bond motifs is 5. The first-order chi connectivity index (χ1) is 11.4. The van der Waals surface area contributed by atoms with Crippen molar-refractivity contribution in [2.45, 2.75) is 90.1 Å². The third kappa shape index (κ3) is 2.70. The van der Waals surface area contributed by atoms with E-state index in [4.69, 9.17) is 14.2 Å². The molecule has 4 nitrogen and oxygen atoms in total. The Morgan fingerprint density at radius 3 is 2.54 bits per heavy atom. The van der Waals surface area contributed by atoms with Gasteiger partial charge in [-0.05, 0) is 63.7 Å². The van der Waals surface area contributed by atoms with Crippen molar-refractivity contribution < 1.29 is 19.0 Å². The fourth-order valence-corrected chi connectivity index (χ4v) is 5.27. The maximum atomic E-state index is 12.3. The van der Waals surface area contributed by atoms with Gasteiger partial charge < -0.3 is 14.2 Å². The van der Waals surface area contributed by atoms with Crippen molar-refractivity contribution in [1.82, 2.24) is 0 Å². The van der Waals surface area contributed by atoms with E-state index < -0.39 is 0 Å². The Hall–Kier alpha value is -0.610. The van der Waals surface area contributed by atoms with E-state index in [1.807, 2.05) is 20.8 Å². The van der Waals surface area contributed by atoms with Crippen LogP contribution in [0.2, 0.25) is 0 Å². The quantitative estimate of drug-likeness (QED) is 0.726. The second-order valence-corrected chi connectivity index (χ2v) is 9.13. The molecular weight excluding hydrogens is 304 g/mol. The summed E-state index contributed by atoms with van der Waals surface area (Å²) >= 11 is 0. The minimum atomic E-state index is -0.376. The standard InChI is InChI=1S/C20H32O4/c1-4-19(2,3)18(21)22-12-14-10-13-11-15(14)17-16(13)23-20(24-17)8-6-5-7-9-20/h13-17H,4-12H2,1-3H3. The van der Waals surface area contributed by atoms with Gasteiger partial charge in [-0.25, -0.2) is 0 Å². The zero-order valence-electron chi connectivity index (χ0n) is 15.4. The molecule has 0 aromatic carbocycles. The molecule has 0 amide bonds. The van der Waals surface area contributed by atoms with Gasteiger partial charge in [0, 0.05) is 12.8 Å². The maximum absolute atomic E-state index is 12.3. The highest BCUT2D eigenvalue weighted by molar-refractivity contribution is 5.75. The van der Waals surface area contributed by atoms with Crippen LogP contribution in [0, 0.1) is 23.2 Å². The number of rotatable bonds is 4. The largest absolute Gasteiger partial charge is 0.465 e. The third-order valence-electron chi connectivity index (χ3n) is 7.18. The van der Waals surface area contributed by atoms with E-state index in [1.165, 1.54) is 25.7 Å². The molecule has 5 unspecified atom stereocenters. The summed E-state index contributed by atoms with van der Waals surface area (Å²) in [6.07, 6.45) is 9.54. The summed E-state index contributed by atoms with van der Waals surface area (Å²) in [5.74, 6) is 1.23. The normalized spacial score (nSPS) is 40.0. The van der Waals surface area contributed by atoms with Crippen LogP contribution >= 0.6 is 0 Å². The maximum Gasteiger partial charge on any atom is 0.311 e. The Balaban J connectivity index is 1.36. The average Bonchev–Trinajstić information content (AvgIpc) is 3.23. The van der Waals surface area contributed by atoms with Gasteiger partial charge in [0.25, 0.3) is 0 Å². The van der Waals surface area contributed by atoms with Gasteiger partial charge in [-0.15, -0.1) is 0 Å². The molecule has 5 atom stereocenters. The van der Waals surface area contributed by atoms with Gasteiger partial charge >= 0.3 is 5.97 Å². The number of carbonyl (C=O) groups excluding carboxylic acids is 1. The molecule has 3 aliphatic carbocycles. The Labute approximate surface area is 145 Å². The second-order valence-electron chi connectivity index (χ2n) is 9.13. The molecule has 24 heavy (non-hydrogen) atoms. The van der Waals surface area contributed by atoms with Crippen LogP contribution in [-0.4, -0.2) is 30.6 Å². The molecule has 4 heteroatoms. The Bertz CT molecular complexity index is 494. The highest BCUT2D eigenvalue weighted by Crippen LogP contribution is 2.57. The van der Waals surface area contributed by atoms with E-state index in [9.17, 15) is 4.79 Å². The fraction of sp³-hybridized carbons (Fsp3) is 0.950. The highest BCUT2D eigenvalue weighted by Gasteiger charge is 2.62. The van der Waals surface area contributed by atoms with Crippen LogP contribution in [0.25, 0.3) is 0 Å². The molecule has 1 aliphatic heterocycles. The molecule has 1 spiro atoms. The molecular formula is C20H32O4. The minimum absolute atomic E-state index is 0.0586. The molecule has 4 aliphatic rings. The molecule has 1 heterocycles. The van der Waals surface area contributed by atoms with Gasteiger partial charge in [-0.1, -0.05) is 13.3 Å². The van der Waals surface area contributed by atoms with Crippen molar-refractivity contribution >= 4 is 5.97 Å². The van der Waals surface area contributed by atoms with E-state index in [0.717, 1.165) is 25.7 Å². The molecule has 136 valence electrons. The van der Waals surface area contributed by atoms with Gasteiger partial charge in [0.1, 0.15) is 0 Å². The summed E-state index contributed by atoms with van der Waals surface area (Å²) in [6.45, 7) is 6.53. The van der Waals surface area contributed by atoms with Crippen LogP contribution < -0.4 is 0 Å². The SMILES string of the molecule is CCC(C)(C)C(=O)OCC1CC2CC1C1OC3(CCCCC3)OC21. The molecule has 1 saturated heterocycles. The lowest BCUT2D eigenvalue weighted by atomic mass is 9.85. The number of hydrogen-bond acceptors (Lipinski definition) is 4. The molecule has 0 aromatic rings. The van der Waals surface area contributed by atoms with Crippen LogP contribution in [0.5, 0.6) is 0 Å². The molecule has 0 N–H and O–H groups in total. The zero-order valence-corrected chi connectivity index (χ0v) is 15.4. The monoisotopic (exact) mass is 336 g/mol. The van der Waals surface area contributed by atoms with Crippen molar-refractivity contribution in [1.29, 1.82) is 0 Å². The van der Waals surface area contributed by atoms with E-state index in [-0.39, 0.29) is 23.3 Å². The van der Waals surface area contributed by atoms with E-state index in [1.54, 1.807) is 0 Å². The highest BCUT2D eigenvalue weighted by atomic mass is 16.8. The summed E-state index contributed by atoms with van der Waals surface area (Å²) in [4.78, 5) is 12.3. The summed E-state index contributed by atoms with van der Waals surface area (Å²) in [6, 6.07) is 0. The number of ether oxygens (including phenoxy) is 3. The van der Waals surface area contributed by atoms with Crippen LogP contribution in [0.15, 0.2) is 0 Å². The van der Waals surface area contributed by atoms with Crippen molar-refractivity contribution in [2.75, 3.05) is 6.61 Å². The van der Waals surface area contributed by atoms with Gasteiger partial charge in [0.15, 0.2) is 5.79 Å². The first-order valence-electron chi connectivity index (χ1n) is 9.97. The average molecular weight is 336 g/mol. The van der Waals surface area contributed by atoms with E-state index in [2.05, 4.69) is 0 Å². The molecule has 4 rings (SSSR count). The lowest BCUT2D eigenvalue weighted by Gasteiger charge is -2.33. The van der Waals surface area contributed by atoms with Crippen molar-refractivity contribution in [3.63, 3.8) is 0 Å². The van der Waals surface area contributed by atoms with E-state index >= 15 is 0 Å². The Morgan fingerprint density at radius 1 is 1.12 bits per heavy atom. The minimum Gasteiger partial charge on any atom is -0.465 e. The van der Waals surface area contributed by atoms with Crippen molar-refractivity contribution in [2.24, 2.45) is 23.2 Å². The Kier molecular flexibility index (Phi) is 4.20.